The Labute approximate surface area is 116 Å². The number of benzene rings is 2. The second-order valence-electron chi connectivity index (χ2n) is 4.70. The highest BCUT2D eigenvalue weighted by Gasteiger charge is 2.15. The Morgan fingerprint density at radius 3 is 2.10 bits per heavy atom. The lowest BCUT2D eigenvalue weighted by Crippen LogP contribution is -1.89. The molecule has 0 radical (unpaired) electrons. The van der Waals surface area contributed by atoms with Crippen LogP contribution < -0.4 is 0 Å². The van der Waals surface area contributed by atoms with Gasteiger partial charge in [0.2, 0.25) is 0 Å². The lowest BCUT2D eigenvalue weighted by atomic mass is 10.1. The van der Waals surface area contributed by atoms with Crippen molar-refractivity contribution in [3.63, 3.8) is 0 Å². The predicted octanol–water partition coefficient (Wildman–Crippen LogP) is 4.00. The van der Waals surface area contributed by atoms with Crippen molar-refractivity contribution < 1.29 is 0 Å². The molecule has 0 amide bonds. The molecule has 2 heterocycles. The van der Waals surface area contributed by atoms with Crippen LogP contribution in [0.25, 0.3) is 28.2 Å². The monoisotopic (exact) mass is 259 g/mol. The van der Waals surface area contributed by atoms with E-state index < -0.39 is 0 Å². The summed E-state index contributed by atoms with van der Waals surface area (Å²) in [4.78, 5) is 4.75. The number of aromatic amines is 1. The lowest BCUT2D eigenvalue weighted by molar-refractivity contribution is 0.981. The van der Waals surface area contributed by atoms with Crippen LogP contribution in [0.5, 0.6) is 0 Å². The maximum Gasteiger partial charge on any atom is 0.154 e. The average molecular weight is 259 g/mol. The fraction of sp³-hybridized carbons (Fsp3) is 0. The zero-order valence-electron chi connectivity index (χ0n) is 10.8. The van der Waals surface area contributed by atoms with Crippen molar-refractivity contribution >= 4 is 5.65 Å². The molecule has 20 heavy (non-hydrogen) atoms. The summed E-state index contributed by atoms with van der Waals surface area (Å²) in [7, 11) is 0. The molecular formula is C17H13N3. The summed E-state index contributed by atoms with van der Waals surface area (Å²) in [5.41, 5.74) is 5.31. The molecule has 0 aliphatic rings. The van der Waals surface area contributed by atoms with Gasteiger partial charge in [-0.05, 0) is 0 Å². The number of imidazole rings is 1. The zero-order chi connectivity index (χ0) is 13.4. The van der Waals surface area contributed by atoms with E-state index in [1.54, 1.807) is 0 Å². The number of hydrogen-bond donors (Lipinski definition) is 1. The van der Waals surface area contributed by atoms with E-state index in [4.69, 9.17) is 4.98 Å². The summed E-state index contributed by atoms with van der Waals surface area (Å²) in [6, 6.07) is 22.6. The molecule has 2 aromatic heterocycles. The topological polar surface area (TPSA) is 33.1 Å². The summed E-state index contributed by atoms with van der Waals surface area (Å²) in [6.45, 7) is 0. The Bertz CT molecular complexity index is 842. The van der Waals surface area contributed by atoms with Gasteiger partial charge in [-0.2, -0.15) is 0 Å². The minimum atomic E-state index is 0.933. The number of hydrogen-bond acceptors (Lipinski definition) is 1. The molecule has 4 aromatic rings. The maximum atomic E-state index is 4.75. The number of fused-ring (bicyclic) bond motifs is 1. The van der Waals surface area contributed by atoms with Crippen LogP contribution in [0.15, 0.2) is 72.9 Å². The van der Waals surface area contributed by atoms with Crippen molar-refractivity contribution in [1.29, 1.82) is 0 Å². The third-order valence-corrected chi connectivity index (χ3v) is 3.43. The second-order valence-corrected chi connectivity index (χ2v) is 4.70. The Morgan fingerprint density at radius 2 is 1.40 bits per heavy atom. The molecule has 0 aliphatic heterocycles. The first-order valence-electron chi connectivity index (χ1n) is 6.60. The fourth-order valence-electron chi connectivity index (χ4n) is 2.53. The third kappa shape index (κ3) is 1.64. The predicted molar refractivity (Wildman–Crippen MR) is 80.4 cm³/mol. The van der Waals surface area contributed by atoms with Crippen LogP contribution in [-0.2, 0) is 0 Å². The van der Waals surface area contributed by atoms with Gasteiger partial charge < -0.3 is 0 Å². The quantitative estimate of drug-likeness (QED) is 0.580. The van der Waals surface area contributed by atoms with Gasteiger partial charge in [0.05, 0.1) is 11.4 Å². The normalized spacial score (nSPS) is 11.0. The van der Waals surface area contributed by atoms with Gasteiger partial charge >= 0.3 is 0 Å². The van der Waals surface area contributed by atoms with Gasteiger partial charge in [-0.15, -0.1) is 0 Å². The molecule has 3 heteroatoms. The van der Waals surface area contributed by atoms with E-state index in [1.165, 1.54) is 0 Å². The molecule has 0 saturated heterocycles. The highest BCUT2D eigenvalue weighted by atomic mass is 15.3. The van der Waals surface area contributed by atoms with E-state index >= 15 is 0 Å². The standard InChI is InChI=1S/C17H13N3/c1-3-7-13(8-4-1)16-17(14-9-5-2-6-10-14)20-15(19-16)11-12-18-20/h1-12,18H. The SMILES string of the molecule is c1ccc(-c2nc3cc[nH]n3c2-c2ccccc2)cc1. The molecule has 0 saturated carbocycles. The van der Waals surface area contributed by atoms with Crippen molar-refractivity contribution in [2.45, 2.75) is 0 Å². The first kappa shape index (κ1) is 11.1. The van der Waals surface area contributed by atoms with Crippen molar-refractivity contribution in [3.05, 3.63) is 72.9 Å². The van der Waals surface area contributed by atoms with E-state index in [-0.39, 0.29) is 0 Å². The van der Waals surface area contributed by atoms with Gasteiger partial charge in [-0.1, -0.05) is 60.7 Å². The molecule has 0 fully saturated rings. The summed E-state index contributed by atoms with van der Waals surface area (Å²) in [5.74, 6) is 0. The Morgan fingerprint density at radius 1 is 0.750 bits per heavy atom. The number of nitrogens with one attached hydrogen (secondary N) is 1. The summed E-state index contributed by atoms with van der Waals surface area (Å²) < 4.78 is 2.03. The second kappa shape index (κ2) is 4.38. The van der Waals surface area contributed by atoms with Crippen LogP contribution in [0.1, 0.15) is 0 Å². The molecule has 0 bridgehead atoms. The largest absolute Gasteiger partial charge is 0.299 e. The molecule has 2 aromatic carbocycles. The van der Waals surface area contributed by atoms with Crippen molar-refractivity contribution in [1.82, 2.24) is 14.6 Å². The molecule has 3 nitrogen and oxygen atoms in total. The molecule has 96 valence electrons. The smallest absolute Gasteiger partial charge is 0.154 e. The van der Waals surface area contributed by atoms with E-state index in [0.717, 1.165) is 28.2 Å². The van der Waals surface area contributed by atoms with Crippen molar-refractivity contribution in [2.75, 3.05) is 0 Å². The molecule has 4 rings (SSSR count). The number of rotatable bonds is 2. The van der Waals surface area contributed by atoms with Gasteiger partial charge in [0.15, 0.2) is 5.65 Å². The number of aromatic nitrogens is 3. The van der Waals surface area contributed by atoms with Crippen molar-refractivity contribution in [3.8, 4) is 22.5 Å². The molecule has 0 unspecified atom stereocenters. The van der Waals surface area contributed by atoms with Gasteiger partial charge in [0, 0.05) is 23.4 Å². The first-order chi connectivity index (χ1) is 9.93. The molecule has 0 aliphatic carbocycles. The molecule has 1 N–H and O–H groups in total. The van der Waals surface area contributed by atoms with Crippen LogP contribution in [-0.4, -0.2) is 14.6 Å². The van der Waals surface area contributed by atoms with Gasteiger partial charge in [0.1, 0.15) is 0 Å². The minimum Gasteiger partial charge on any atom is -0.299 e. The minimum absolute atomic E-state index is 0.933. The van der Waals surface area contributed by atoms with Gasteiger partial charge in [-0.3, -0.25) is 5.10 Å². The van der Waals surface area contributed by atoms with E-state index in [1.807, 2.05) is 53.2 Å². The molecular weight excluding hydrogens is 246 g/mol. The summed E-state index contributed by atoms with van der Waals surface area (Å²) in [5, 5.41) is 3.23. The molecule has 0 spiro atoms. The highest BCUT2D eigenvalue weighted by Crippen LogP contribution is 2.31. The Kier molecular flexibility index (Phi) is 2.42. The fourth-order valence-corrected chi connectivity index (χ4v) is 2.53. The van der Waals surface area contributed by atoms with Crippen LogP contribution in [0.2, 0.25) is 0 Å². The highest BCUT2D eigenvalue weighted by molar-refractivity contribution is 5.81. The van der Waals surface area contributed by atoms with Crippen LogP contribution in [0.4, 0.5) is 0 Å². The van der Waals surface area contributed by atoms with E-state index in [0.29, 0.717) is 0 Å². The Balaban J connectivity index is 2.05. The van der Waals surface area contributed by atoms with Gasteiger partial charge in [0.25, 0.3) is 0 Å². The molecule has 0 atom stereocenters. The van der Waals surface area contributed by atoms with Crippen molar-refractivity contribution in [2.24, 2.45) is 0 Å². The number of H-pyrrole nitrogens is 1. The maximum absolute atomic E-state index is 4.75. The summed E-state index contributed by atoms with van der Waals surface area (Å²) in [6.07, 6.45) is 1.91. The van der Waals surface area contributed by atoms with E-state index in [2.05, 4.69) is 29.4 Å². The van der Waals surface area contributed by atoms with Gasteiger partial charge in [-0.25, -0.2) is 9.50 Å². The lowest BCUT2D eigenvalue weighted by Gasteiger charge is -2.04. The Hall–Kier alpha value is -2.81. The third-order valence-electron chi connectivity index (χ3n) is 3.43. The number of nitrogens with zero attached hydrogens (tertiary/aromatic N) is 2. The zero-order valence-corrected chi connectivity index (χ0v) is 10.8. The van der Waals surface area contributed by atoms with Crippen LogP contribution in [0.3, 0.4) is 0 Å². The first-order valence-corrected chi connectivity index (χ1v) is 6.60. The van der Waals surface area contributed by atoms with Crippen LogP contribution >= 0.6 is 0 Å². The summed E-state index contributed by atoms with van der Waals surface area (Å²) >= 11 is 0. The van der Waals surface area contributed by atoms with E-state index in [9.17, 15) is 0 Å². The van der Waals surface area contributed by atoms with Crippen LogP contribution in [0, 0.1) is 0 Å². The average Bonchev–Trinajstić information content (AvgIpc) is 3.09.